The van der Waals surface area contributed by atoms with Crippen molar-refractivity contribution in [1.82, 2.24) is 0 Å². The van der Waals surface area contributed by atoms with E-state index in [1.165, 1.54) is 20.3 Å². The minimum absolute atomic E-state index is 0.221. The van der Waals surface area contributed by atoms with Crippen LogP contribution in [0.4, 0.5) is 0 Å². The van der Waals surface area contributed by atoms with Gasteiger partial charge in [-0.2, -0.15) is 0 Å². The molecule has 6 nitrogen and oxygen atoms in total. The van der Waals surface area contributed by atoms with Gasteiger partial charge in [0.05, 0.1) is 20.8 Å². The molecule has 0 saturated carbocycles. The van der Waals surface area contributed by atoms with Gasteiger partial charge in [-0.3, -0.25) is 0 Å². The number of rotatable bonds is 10. The average Bonchev–Trinajstić information content (AvgIpc) is 2.86. The highest BCUT2D eigenvalue weighted by molar-refractivity contribution is 6.17. The summed E-state index contributed by atoms with van der Waals surface area (Å²) in [6.45, 7) is 6.47. The monoisotopic (exact) mass is 460 g/mol. The molecule has 0 unspecified atom stereocenters. The normalized spacial score (nSPS) is 10.3. The number of ether oxygens (including phenoxy) is 4. The first-order valence-electron chi connectivity index (χ1n) is 10.9. The molecular weight excluding hydrogens is 432 g/mol. The van der Waals surface area contributed by atoms with Crippen molar-refractivity contribution >= 4 is 28.8 Å². The van der Waals surface area contributed by atoms with Crippen LogP contribution in [0.15, 0.2) is 72.8 Å². The van der Waals surface area contributed by atoms with E-state index in [1.807, 2.05) is 37.3 Å². The van der Waals surface area contributed by atoms with Crippen molar-refractivity contribution in [3.8, 4) is 11.5 Å². The molecule has 0 spiro atoms. The molecule has 0 saturated heterocycles. The van der Waals surface area contributed by atoms with Crippen LogP contribution in [-0.2, 0) is 32.1 Å². The van der Waals surface area contributed by atoms with Gasteiger partial charge >= 0.3 is 11.9 Å². The second kappa shape index (κ2) is 11.7. The zero-order valence-corrected chi connectivity index (χ0v) is 19.6. The van der Waals surface area contributed by atoms with E-state index in [0.29, 0.717) is 36.7 Å². The quantitative estimate of drug-likeness (QED) is 0.135. The first kappa shape index (κ1) is 24.6. The van der Waals surface area contributed by atoms with Crippen LogP contribution in [0.25, 0.3) is 16.8 Å². The van der Waals surface area contributed by atoms with Crippen LogP contribution in [0.2, 0.25) is 0 Å². The van der Waals surface area contributed by atoms with E-state index < -0.39 is 11.9 Å². The largest absolute Gasteiger partial charge is 0.490 e. The molecule has 34 heavy (non-hydrogen) atoms. The number of esters is 2. The lowest BCUT2D eigenvalue weighted by molar-refractivity contribution is -0.143. The third kappa shape index (κ3) is 5.64. The molecule has 0 aliphatic rings. The third-order valence-corrected chi connectivity index (χ3v) is 5.19. The zero-order valence-electron chi connectivity index (χ0n) is 19.6. The van der Waals surface area contributed by atoms with Crippen LogP contribution >= 0.6 is 0 Å². The Morgan fingerprint density at radius 1 is 0.912 bits per heavy atom. The standard InChI is InChI=1S/C28H28O6/c1-5-10-21-15-19(16-24(27(29)31-3)28(30)32-4)17-25(33-6-2)26(21)34-18-22-13-9-12-20-11-7-8-14-23(20)22/h5,7-9,11-17H,1,6,10,18H2,2-4H3. The number of fused-ring (bicyclic) bond motifs is 1. The molecular formula is C28H28O6. The highest BCUT2D eigenvalue weighted by Gasteiger charge is 2.21. The Balaban J connectivity index is 2.04. The van der Waals surface area contributed by atoms with E-state index in [9.17, 15) is 9.59 Å². The van der Waals surface area contributed by atoms with Crippen LogP contribution in [0.1, 0.15) is 23.6 Å². The summed E-state index contributed by atoms with van der Waals surface area (Å²) < 4.78 is 21.6. The summed E-state index contributed by atoms with van der Waals surface area (Å²) in [7, 11) is 2.41. The number of benzene rings is 3. The van der Waals surface area contributed by atoms with Crippen LogP contribution in [0.3, 0.4) is 0 Å². The molecule has 6 heteroatoms. The summed E-state index contributed by atoms with van der Waals surface area (Å²) in [6, 6.07) is 17.8. The number of allylic oxidation sites excluding steroid dienone is 1. The lowest BCUT2D eigenvalue weighted by atomic mass is 10.0. The van der Waals surface area contributed by atoms with E-state index in [-0.39, 0.29) is 5.57 Å². The molecule has 0 fully saturated rings. The summed E-state index contributed by atoms with van der Waals surface area (Å²) in [5.41, 5.74) is 2.21. The fourth-order valence-electron chi connectivity index (χ4n) is 3.66. The maximum absolute atomic E-state index is 12.1. The van der Waals surface area contributed by atoms with Crippen molar-refractivity contribution in [2.75, 3.05) is 20.8 Å². The fraction of sp³-hybridized carbons (Fsp3) is 0.214. The Kier molecular flexibility index (Phi) is 8.46. The van der Waals surface area contributed by atoms with E-state index in [2.05, 4.69) is 24.8 Å². The van der Waals surface area contributed by atoms with Crippen LogP contribution in [0, 0.1) is 0 Å². The van der Waals surface area contributed by atoms with E-state index >= 15 is 0 Å². The minimum Gasteiger partial charge on any atom is -0.490 e. The van der Waals surface area contributed by atoms with E-state index in [0.717, 1.165) is 21.9 Å². The summed E-state index contributed by atoms with van der Waals surface area (Å²) in [6.07, 6.45) is 3.67. The second-order valence-electron chi connectivity index (χ2n) is 7.40. The molecule has 0 aliphatic carbocycles. The molecule has 0 aromatic heterocycles. The minimum atomic E-state index is -0.786. The third-order valence-electron chi connectivity index (χ3n) is 5.19. The maximum atomic E-state index is 12.1. The van der Waals surface area contributed by atoms with Gasteiger partial charge in [0.25, 0.3) is 0 Å². The number of carbonyl (C=O) groups is 2. The summed E-state index contributed by atoms with van der Waals surface area (Å²) in [5.74, 6) is -0.482. The van der Waals surface area contributed by atoms with Crippen LogP contribution in [0.5, 0.6) is 11.5 Å². The maximum Gasteiger partial charge on any atom is 0.345 e. The average molecular weight is 461 g/mol. The SMILES string of the molecule is C=CCc1cc(C=C(C(=O)OC)C(=O)OC)cc(OCC)c1OCc1cccc2ccccc12. The molecule has 0 aliphatic heterocycles. The van der Waals surface area contributed by atoms with Gasteiger partial charge in [-0.25, -0.2) is 9.59 Å². The van der Waals surface area contributed by atoms with Gasteiger partial charge in [0.1, 0.15) is 12.2 Å². The predicted octanol–water partition coefficient (Wildman–Crippen LogP) is 5.28. The summed E-state index contributed by atoms with van der Waals surface area (Å²) in [4.78, 5) is 24.2. The summed E-state index contributed by atoms with van der Waals surface area (Å²) >= 11 is 0. The predicted molar refractivity (Wildman–Crippen MR) is 132 cm³/mol. The molecule has 3 aromatic carbocycles. The van der Waals surface area contributed by atoms with Gasteiger partial charge in [-0.05, 0) is 53.5 Å². The topological polar surface area (TPSA) is 71.1 Å². The van der Waals surface area contributed by atoms with Gasteiger partial charge in [-0.1, -0.05) is 48.5 Å². The summed E-state index contributed by atoms with van der Waals surface area (Å²) in [5, 5.41) is 2.26. The fourth-order valence-corrected chi connectivity index (χ4v) is 3.66. The molecule has 0 heterocycles. The van der Waals surface area contributed by atoms with E-state index in [1.54, 1.807) is 12.1 Å². The highest BCUT2D eigenvalue weighted by Crippen LogP contribution is 2.36. The van der Waals surface area contributed by atoms with Crippen molar-refractivity contribution in [2.45, 2.75) is 20.0 Å². The first-order chi connectivity index (χ1) is 16.5. The van der Waals surface area contributed by atoms with Crippen molar-refractivity contribution < 1.29 is 28.5 Å². The van der Waals surface area contributed by atoms with Crippen LogP contribution < -0.4 is 9.47 Å². The lowest BCUT2D eigenvalue weighted by Crippen LogP contribution is -2.15. The molecule has 3 aromatic rings. The van der Waals surface area contributed by atoms with Crippen molar-refractivity contribution in [2.24, 2.45) is 0 Å². The Hall–Kier alpha value is -4.06. The zero-order chi connectivity index (χ0) is 24.5. The van der Waals surface area contributed by atoms with Crippen molar-refractivity contribution in [3.63, 3.8) is 0 Å². The Bertz CT molecular complexity index is 1200. The molecule has 0 bridgehead atoms. The van der Waals surface area contributed by atoms with Crippen LogP contribution in [-0.4, -0.2) is 32.8 Å². The molecule has 3 rings (SSSR count). The van der Waals surface area contributed by atoms with Gasteiger partial charge in [0, 0.05) is 5.56 Å². The molecule has 0 radical (unpaired) electrons. The molecule has 0 atom stereocenters. The van der Waals surface area contributed by atoms with Gasteiger partial charge in [0.15, 0.2) is 11.5 Å². The molecule has 0 N–H and O–H groups in total. The van der Waals surface area contributed by atoms with Gasteiger partial charge < -0.3 is 18.9 Å². The molecule has 176 valence electrons. The van der Waals surface area contributed by atoms with E-state index in [4.69, 9.17) is 18.9 Å². The Morgan fingerprint density at radius 2 is 1.62 bits per heavy atom. The van der Waals surface area contributed by atoms with Gasteiger partial charge in [0.2, 0.25) is 0 Å². The number of carbonyl (C=O) groups excluding carboxylic acids is 2. The number of hydrogen-bond donors (Lipinski definition) is 0. The molecule has 0 amide bonds. The highest BCUT2D eigenvalue weighted by atomic mass is 16.5. The Labute approximate surface area is 199 Å². The van der Waals surface area contributed by atoms with Crippen molar-refractivity contribution in [3.05, 3.63) is 89.5 Å². The Morgan fingerprint density at radius 3 is 2.29 bits per heavy atom. The number of methoxy groups -OCH3 is 2. The first-order valence-corrected chi connectivity index (χ1v) is 10.9. The number of hydrogen-bond acceptors (Lipinski definition) is 6. The van der Waals surface area contributed by atoms with Gasteiger partial charge in [-0.15, -0.1) is 6.58 Å². The van der Waals surface area contributed by atoms with Crippen molar-refractivity contribution in [1.29, 1.82) is 0 Å². The lowest BCUT2D eigenvalue weighted by Gasteiger charge is -2.18. The smallest absolute Gasteiger partial charge is 0.345 e. The second-order valence-corrected chi connectivity index (χ2v) is 7.40.